The van der Waals surface area contributed by atoms with Crippen LogP contribution in [0.15, 0.2) is 42.5 Å². The number of aryl methyl sites for hydroxylation is 2. The Bertz CT molecular complexity index is 1680. The van der Waals surface area contributed by atoms with Crippen molar-refractivity contribution in [2.75, 3.05) is 33.1 Å². The maximum absolute atomic E-state index is 15.4. The van der Waals surface area contributed by atoms with Gasteiger partial charge in [0, 0.05) is 29.7 Å². The van der Waals surface area contributed by atoms with Crippen LogP contribution in [0.2, 0.25) is 0 Å². The van der Waals surface area contributed by atoms with Crippen molar-refractivity contribution in [3.63, 3.8) is 0 Å². The maximum Gasteiger partial charge on any atom is 0.306 e. The summed E-state index contributed by atoms with van der Waals surface area (Å²) >= 11 is 0. The molecule has 3 atom stereocenters. The maximum atomic E-state index is 15.4. The molecular formula is C34H38FNO7S. The molecule has 0 N–H and O–H groups in total. The third kappa shape index (κ3) is 6.02. The molecule has 1 fully saturated rings. The third-order valence-electron chi connectivity index (χ3n) is 8.95. The first-order chi connectivity index (χ1) is 21.0. The highest BCUT2D eigenvalue weighted by Crippen LogP contribution is 2.45. The Labute approximate surface area is 258 Å². The molecule has 0 saturated carbocycles. The van der Waals surface area contributed by atoms with Gasteiger partial charge >= 0.3 is 5.97 Å². The Kier molecular flexibility index (Phi) is 8.32. The Balaban J connectivity index is 1.22. The van der Waals surface area contributed by atoms with Crippen molar-refractivity contribution >= 4 is 16.0 Å². The molecule has 3 aromatic rings. The summed E-state index contributed by atoms with van der Waals surface area (Å²) in [5, 5.41) is 0. The zero-order chi connectivity index (χ0) is 31.2. The number of piperidine rings is 1. The Morgan fingerprint density at radius 3 is 2.55 bits per heavy atom. The quantitative estimate of drug-likeness (QED) is 0.284. The number of hydrogen-bond acceptors (Lipinski definition) is 7. The first-order valence-corrected chi connectivity index (χ1v) is 16.9. The van der Waals surface area contributed by atoms with Crippen molar-refractivity contribution in [1.29, 1.82) is 0 Å². The van der Waals surface area contributed by atoms with E-state index in [4.69, 9.17) is 18.9 Å². The minimum Gasteiger partial charge on any atom is -0.492 e. The van der Waals surface area contributed by atoms with Crippen molar-refractivity contribution < 1.29 is 36.6 Å². The lowest BCUT2D eigenvalue weighted by Gasteiger charge is -2.31. The molecule has 0 bridgehead atoms. The number of hydrogen-bond donors (Lipinski definition) is 0. The van der Waals surface area contributed by atoms with Gasteiger partial charge in [-0.05, 0) is 91.6 Å². The number of carbonyl (C=O) groups is 1. The summed E-state index contributed by atoms with van der Waals surface area (Å²) in [7, 11) is -1.89. The summed E-state index contributed by atoms with van der Waals surface area (Å²) in [6, 6.07) is 12.9. The zero-order valence-corrected chi connectivity index (χ0v) is 26.3. The molecular weight excluding hydrogens is 585 g/mol. The average molecular weight is 624 g/mol. The van der Waals surface area contributed by atoms with E-state index in [1.54, 1.807) is 0 Å². The van der Waals surface area contributed by atoms with Gasteiger partial charge in [0.1, 0.15) is 35.3 Å². The van der Waals surface area contributed by atoms with E-state index < -0.39 is 16.1 Å². The molecule has 3 aliphatic rings. The van der Waals surface area contributed by atoms with E-state index in [1.807, 2.05) is 50.2 Å². The van der Waals surface area contributed by atoms with Gasteiger partial charge in [-0.3, -0.25) is 4.79 Å². The third-order valence-corrected chi connectivity index (χ3v) is 10.2. The molecule has 8 nitrogen and oxygen atoms in total. The highest BCUT2D eigenvalue weighted by Gasteiger charge is 2.33. The van der Waals surface area contributed by atoms with E-state index >= 15 is 4.39 Å². The predicted octanol–water partition coefficient (Wildman–Crippen LogP) is 6.02. The van der Waals surface area contributed by atoms with E-state index in [0.29, 0.717) is 55.4 Å². The first-order valence-electron chi connectivity index (χ1n) is 15.1. The topological polar surface area (TPSA) is 91.4 Å². The van der Waals surface area contributed by atoms with Gasteiger partial charge in [0.2, 0.25) is 10.0 Å². The first kappa shape index (κ1) is 30.4. The number of nitrogens with zero attached hydrogens (tertiary/aromatic N) is 1. The highest BCUT2D eigenvalue weighted by molar-refractivity contribution is 7.88. The number of sulfonamides is 1. The van der Waals surface area contributed by atoms with Crippen LogP contribution in [0.1, 0.15) is 65.5 Å². The summed E-state index contributed by atoms with van der Waals surface area (Å²) in [5.74, 6) is 1.34. The van der Waals surface area contributed by atoms with Gasteiger partial charge < -0.3 is 18.9 Å². The van der Waals surface area contributed by atoms with E-state index in [9.17, 15) is 13.2 Å². The van der Waals surface area contributed by atoms with Gasteiger partial charge in [-0.15, -0.1) is 0 Å². The average Bonchev–Trinajstić information content (AvgIpc) is 3.58. The van der Waals surface area contributed by atoms with Gasteiger partial charge in [0.25, 0.3) is 0 Å². The Morgan fingerprint density at radius 2 is 1.82 bits per heavy atom. The lowest BCUT2D eigenvalue weighted by atomic mass is 9.90. The number of methoxy groups -OCH3 is 1. The summed E-state index contributed by atoms with van der Waals surface area (Å²) in [5.41, 5.74) is 6.50. The molecule has 1 aliphatic carbocycles. The standard InChI is InChI=1S/C34H38FNO7S/c1-20-14-25(42-24-6-5-13-36(18-24)44(4,38)39)15-21(2)33(20)27-9-11-29(35)34-28(27)10-12-30(34)43-23-7-8-26-22(16-32(37)40-3)19-41-31(26)17-23/h7-9,11,14-15,17,22,24,30H,5-6,10,12-13,16,18-19H2,1-4H3/t22-,24-,30-/m1/s1. The molecule has 44 heavy (non-hydrogen) atoms. The molecule has 3 aromatic carbocycles. The van der Waals surface area contributed by atoms with Crippen molar-refractivity contribution in [3.05, 3.63) is 76.1 Å². The fourth-order valence-corrected chi connectivity index (χ4v) is 7.78. The molecule has 0 unspecified atom stereocenters. The van der Waals surface area contributed by atoms with Crippen molar-refractivity contribution in [2.45, 2.75) is 64.1 Å². The van der Waals surface area contributed by atoms with Gasteiger partial charge in [-0.2, -0.15) is 4.31 Å². The normalized spacial score (nSPS) is 21.3. The second-order valence-corrected chi connectivity index (χ2v) is 14.0. The Morgan fingerprint density at radius 1 is 1.05 bits per heavy atom. The molecule has 0 amide bonds. The van der Waals surface area contributed by atoms with Crippen LogP contribution >= 0.6 is 0 Å². The molecule has 234 valence electrons. The van der Waals surface area contributed by atoms with Crippen LogP contribution in [-0.2, 0) is 26.0 Å². The van der Waals surface area contributed by atoms with Crippen molar-refractivity contribution in [1.82, 2.24) is 4.31 Å². The van der Waals surface area contributed by atoms with E-state index in [-0.39, 0.29) is 30.2 Å². The van der Waals surface area contributed by atoms with E-state index in [2.05, 4.69) is 0 Å². The molecule has 10 heteroatoms. The summed E-state index contributed by atoms with van der Waals surface area (Å²) < 4.78 is 64.2. The minimum atomic E-state index is -3.26. The molecule has 2 heterocycles. The van der Waals surface area contributed by atoms with Crippen LogP contribution in [-0.4, -0.2) is 57.9 Å². The summed E-state index contributed by atoms with van der Waals surface area (Å²) in [6.45, 7) is 5.31. The lowest BCUT2D eigenvalue weighted by molar-refractivity contribution is -0.141. The second kappa shape index (κ2) is 12.0. The monoisotopic (exact) mass is 623 g/mol. The molecule has 6 rings (SSSR count). The number of benzene rings is 3. The number of esters is 1. The van der Waals surface area contributed by atoms with E-state index in [0.717, 1.165) is 46.2 Å². The fourth-order valence-electron chi connectivity index (χ4n) is 6.89. The van der Waals surface area contributed by atoms with Crippen molar-refractivity contribution in [3.8, 4) is 28.4 Å². The van der Waals surface area contributed by atoms with Crippen LogP contribution < -0.4 is 14.2 Å². The van der Waals surface area contributed by atoms with Gasteiger partial charge in [-0.1, -0.05) is 12.1 Å². The number of halogens is 1. The number of carbonyl (C=O) groups excluding carboxylic acids is 1. The van der Waals surface area contributed by atoms with Crippen LogP contribution in [0.4, 0.5) is 4.39 Å². The number of fused-ring (bicyclic) bond motifs is 2. The van der Waals surface area contributed by atoms with Gasteiger partial charge in [-0.25, -0.2) is 12.8 Å². The lowest BCUT2D eigenvalue weighted by Crippen LogP contribution is -2.43. The predicted molar refractivity (Wildman–Crippen MR) is 164 cm³/mol. The Hall–Kier alpha value is -3.63. The largest absolute Gasteiger partial charge is 0.492 e. The van der Waals surface area contributed by atoms with Gasteiger partial charge in [0.05, 0.1) is 32.9 Å². The zero-order valence-electron chi connectivity index (χ0n) is 25.5. The number of rotatable bonds is 8. The van der Waals surface area contributed by atoms with E-state index in [1.165, 1.54) is 23.7 Å². The molecule has 2 aliphatic heterocycles. The highest BCUT2D eigenvalue weighted by atomic mass is 32.2. The smallest absolute Gasteiger partial charge is 0.306 e. The van der Waals surface area contributed by atoms with Crippen molar-refractivity contribution in [2.24, 2.45) is 0 Å². The van der Waals surface area contributed by atoms with Gasteiger partial charge in [0.15, 0.2) is 0 Å². The minimum absolute atomic E-state index is 0.0631. The molecule has 0 spiro atoms. The van der Waals surface area contributed by atoms with Crippen LogP contribution in [0.3, 0.4) is 0 Å². The SMILES string of the molecule is COC(=O)C[C@@H]1COc2cc(O[C@@H]3CCc4c(-c5c(C)cc(O[C@@H]6CCCN(S(C)(=O)=O)C6)cc5C)ccc(F)c43)ccc21. The van der Waals surface area contributed by atoms with Crippen LogP contribution in [0.5, 0.6) is 17.2 Å². The molecule has 1 saturated heterocycles. The fraction of sp³-hybridized carbons (Fsp3) is 0.441. The summed E-state index contributed by atoms with van der Waals surface area (Å²) in [6.07, 6.45) is 3.71. The summed E-state index contributed by atoms with van der Waals surface area (Å²) in [4.78, 5) is 11.8. The molecule has 0 aromatic heterocycles. The molecule has 0 radical (unpaired) electrons. The van der Waals surface area contributed by atoms with Crippen LogP contribution in [0, 0.1) is 19.7 Å². The second-order valence-electron chi connectivity index (χ2n) is 12.1. The van der Waals surface area contributed by atoms with Crippen LogP contribution in [0.25, 0.3) is 11.1 Å². The number of ether oxygens (including phenoxy) is 4.